The lowest BCUT2D eigenvalue weighted by molar-refractivity contribution is -0.162. The van der Waals surface area contributed by atoms with Gasteiger partial charge in [-0.15, -0.1) is 0 Å². The highest BCUT2D eigenvalue weighted by atomic mass is 16.5. The highest BCUT2D eigenvalue weighted by Crippen LogP contribution is 2.54. The second-order valence-corrected chi connectivity index (χ2v) is 8.48. The minimum Gasteiger partial charge on any atom is -0.487 e. The van der Waals surface area contributed by atoms with Crippen molar-refractivity contribution >= 4 is 0 Å². The van der Waals surface area contributed by atoms with Gasteiger partial charge in [0.1, 0.15) is 11.4 Å². The molecule has 0 N–H and O–H groups in total. The summed E-state index contributed by atoms with van der Waals surface area (Å²) in [6.07, 6.45) is 5.73. The molecule has 0 aromatic heterocycles. The summed E-state index contributed by atoms with van der Waals surface area (Å²) in [7, 11) is 0. The van der Waals surface area contributed by atoms with E-state index in [0.717, 1.165) is 31.6 Å². The largest absolute Gasteiger partial charge is 0.487 e. The number of ether oxygens (including phenoxy) is 2. The Kier molecular flexibility index (Phi) is 4.31. The summed E-state index contributed by atoms with van der Waals surface area (Å²) in [5.41, 5.74) is 2.66. The van der Waals surface area contributed by atoms with Crippen molar-refractivity contribution in [2.45, 2.75) is 65.6 Å². The minimum absolute atomic E-state index is 0.164. The number of fused-ring (bicyclic) bond motifs is 3. The van der Waals surface area contributed by atoms with Crippen molar-refractivity contribution in [3.63, 3.8) is 0 Å². The number of para-hydroxylation sites is 1. The Hall–Kier alpha value is -1.28. The van der Waals surface area contributed by atoms with Gasteiger partial charge in [0.25, 0.3) is 0 Å². The molecule has 3 atom stereocenters. The van der Waals surface area contributed by atoms with E-state index in [1.165, 1.54) is 11.1 Å². The highest BCUT2D eigenvalue weighted by molar-refractivity contribution is 5.39. The fourth-order valence-corrected chi connectivity index (χ4v) is 4.05. The molecule has 1 saturated heterocycles. The molecule has 2 aliphatic rings. The zero-order valence-electron chi connectivity index (χ0n) is 15.2. The maximum atomic E-state index is 6.55. The summed E-state index contributed by atoms with van der Waals surface area (Å²) < 4.78 is 12.9. The van der Waals surface area contributed by atoms with E-state index < -0.39 is 0 Å². The summed E-state index contributed by atoms with van der Waals surface area (Å²) in [6, 6.07) is 8.41. The molecule has 2 aliphatic heterocycles. The smallest absolute Gasteiger partial charge is 0.125 e. The van der Waals surface area contributed by atoms with Crippen molar-refractivity contribution < 1.29 is 9.47 Å². The van der Waals surface area contributed by atoms with E-state index in [1.807, 2.05) is 0 Å². The van der Waals surface area contributed by atoms with E-state index in [9.17, 15) is 0 Å². The lowest BCUT2D eigenvalue weighted by Gasteiger charge is -2.52. The Morgan fingerprint density at radius 2 is 1.96 bits per heavy atom. The van der Waals surface area contributed by atoms with Crippen LogP contribution in [0.5, 0.6) is 5.75 Å². The molecule has 0 spiro atoms. The predicted octanol–water partition coefficient (Wildman–Crippen LogP) is 5.69. The van der Waals surface area contributed by atoms with Gasteiger partial charge < -0.3 is 9.47 Å². The highest BCUT2D eigenvalue weighted by Gasteiger charge is 2.51. The first-order valence-corrected chi connectivity index (χ1v) is 8.84. The molecule has 2 heteroatoms. The van der Waals surface area contributed by atoms with Gasteiger partial charge in [0.05, 0.1) is 12.7 Å². The third-order valence-electron chi connectivity index (χ3n) is 5.34. The van der Waals surface area contributed by atoms with Crippen LogP contribution in [0.15, 0.2) is 35.9 Å². The molecule has 2 heterocycles. The van der Waals surface area contributed by atoms with Gasteiger partial charge >= 0.3 is 0 Å². The Balaban J connectivity index is 1.93. The molecule has 1 aromatic rings. The van der Waals surface area contributed by atoms with Gasteiger partial charge in [-0.1, -0.05) is 43.7 Å². The Labute approximate surface area is 140 Å². The van der Waals surface area contributed by atoms with Gasteiger partial charge in [0.2, 0.25) is 0 Å². The third-order valence-corrected chi connectivity index (χ3v) is 5.34. The van der Waals surface area contributed by atoms with E-state index in [0.29, 0.717) is 5.92 Å². The predicted molar refractivity (Wildman–Crippen MR) is 94.7 cm³/mol. The molecular weight excluding hydrogens is 284 g/mol. The maximum Gasteiger partial charge on any atom is 0.125 e. The van der Waals surface area contributed by atoms with Crippen molar-refractivity contribution in [1.29, 1.82) is 0 Å². The molecular formula is C21H30O2. The van der Waals surface area contributed by atoms with Crippen molar-refractivity contribution in [1.82, 2.24) is 0 Å². The first-order chi connectivity index (χ1) is 10.8. The molecule has 3 rings (SSSR count). The molecule has 0 amide bonds. The monoisotopic (exact) mass is 314 g/mol. The van der Waals surface area contributed by atoms with Gasteiger partial charge in [-0.3, -0.25) is 0 Å². The van der Waals surface area contributed by atoms with Gasteiger partial charge in [-0.2, -0.15) is 0 Å². The molecule has 0 radical (unpaired) electrons. The Bertz CT molecular complexity index is 598. The van der Waals surface area contributed by atoms with Crippen LogP contribution in [-0.2, 0) is 4.74 Å². The lowest BCUT2D eigenvalue weighted by atomic mass is 9.67. The van der Waals surface area contributed by atoms with Gasteiger partial charge in [-0.05, 0) is 51.5 Å². The molecule has 1 fully saturated rings. The van der Waals surface area contributed by atoms with Crippen LogP contribution < -0.4 is 4.74 Å². The quantitative estimate of drug-likeness (QED) is 0.667. The normalized spacial score (nSPS) is 31.5. The van der Waals surface area contributed by atoms with Crippen LogP contribution in [0, 0.1) is 11.3 Å². The zero-order valence-corrected chi connectivity index (χ0v) is 15.2. The number of benzene rings is 1. The summed E-state index contributed by atoms with van der Waals surface area (Å²) in [5.74, 6) is 1.42. The first-order valence-electron chi connectivity index (χ1n) is 8.84. The zero-order chi connectivity index (χ0) is 16.7. The summed E-state index contributed by atoms with van der Waals surface area (Å²) in [5, 5.41) is 0. The molecule has 2 nitrogen and oxygen atoms in total. The van der Waals surface area contributed by atoms with Crippen molar-refractivity contribution in [3.8, 4) is 5.75 Å². The number of hydrogen-bond acceptors (Lipinski definition) is 2. The van der Waals surface area contributed by atoms with E-state index >= 15 is 0 Å². The molecule has 1 aromatic carbocycles. The van der Waals surface area contributed by atoms with Crippen LogP contribution in [-0.4, -0.2) is 12.2 Å². The molecule has 126 valence electrons. The molecule has 0 unspecified atom stereocenters. The fourth-order valence-electron chi connectivity index (χ4n) is 4.05. The third kappa shape index (κ3) is 3.33. The van der Waals surface area contributed by atoms with Gasteiger partial charge in [0, 0.05) is 11.5 Å². The minimum atomic E-state index is -0.164. The van der Waals surface area contributed by atoms with Crippen molar-refractivity contribution in [2.75, 3.05) is 6.61 Å². The standard InChI is InChI=1S/C21H30O2/c1-15(2)9-8-12-21(5)17-13-20(3,4)14-22-19(17)16-10-6-7-11-18(16)23-21/h6-7,9-11,17,19H,8,12-14H2,1-5H3/t17-,19+,21-/m1/s1. The summed E-state index contributed by atoms with van der Waals surface area (Å²) >= 11 is 0. The molecule has 0 saturated carbocycles. The molecule has 0 aliphatic carbocycles. The van der Waals surface area contributed by atoms with Crippen molar-refractivity contribution in [2.24, 2.45) is 11.3 Å². The van der Waals surface area contributed by atoms with Crippen LogP contribution in [0.25, 0.3) is 0 Å². The van der Waals surface area contributed by atoms with Crippen LogP contribution in [0.4, 0.5) is 0 Å². The van der Waals surface area contributed by atoms with Crippen LogP contribution in [0.1, 0.15) is 65.5 Å². The SMILES string of the molecule is CC(C)=CCC[C@@]1(C)Oc2ccccc2[C@@H]2OCC(C)(C)C[C@H]21. The van der Waals surface area contributed by atoms with Gasteiger partial charge in [-0.25, -0.2) is 0 Å². The summed E-state index contributed by atoms with van der Waals surface area (Å²) in [4.78, 5) is 0. The lowest BCUT2D eigenvalue weighted by Crippen LogP contribution is -2.52. The average Bonchev–Trinajstić information content (AvgIpc) is 2.46. The number of hydrogen-bond donors (Lipinski definition) is 0. The Morgan fingerprint density at radius 3 is 2.70 bits per heavy atom. The van der Waals surface area contributed by atoms with Crippen LogP contribution >= 0.6 is 0 Å². The number of allylic oxidation sites excluding steroid dienone is 2. The molecule has 0 bridgehead atoms. The second-order valence-electron chi connectivity index (χ2n) is 8.48. The maximum absolute atomic E-state index is 6.55. The van der Waals surface area contributed by atoms with E-state index in [1.54, 1.807) is 0 Å². The fraction of sp³-hybridized carbons (Fsp3) is 0.619. The van der Waals surface area contributed by atoms with E-state index in [-0.39, 0.29) is 17.1 Å². The first kappa shape index (κ1) is 16.6. The van der Waals surface area contributed by atoms with Crippen LogP contribution in [0.2, 0.25) is 0 Å². The van der Waals surface area contributed by atoms with Gasteiger partial charge in [0.15, 0.2) is 0 Å². The average molecular weight is 314 g/mol. The molecule has 23 heavy (non-hydrogen) atoms. The van der Waals surface area contributed by atoms with E-state index in [2.05, 4.69) is 65.0 Å². The second kappa shape index (κ2) is 5.98. The topological polar surface area (TPSA) is 18.5 Å². The van der Waals surface area contributed by atoms with Crippen molar-refractivity contribution in [3.05, 3.63) is 41.5 Å². The van der Waals surface area contributed by atoms with E-state index in [4.69, 9.17) is 9.47 Å². The Morgan fingerprint density at radius 1 is 1.22 bits per heavy atom. The van der Waals surface area contributed by atoms with Crippen LogP contribution in [0.3, 0.4) is 0 Å². The summed E-state index contributed by atoms with van der Waals surface area (Å²) in [6.45, 7) is 12.0. The number of rotatable bonds is 3.